The van der Waals surface area contributed by atoms with Gasteiger partial charge in [-0.2, -0.15) is 0 Å². The van der Waals surface area contributed by atoms with Crippen LogP contribution in [0, 0.1) is 0 Å². The topological polar surface area (TPSA) is 68.2 Å². The summed E-state index contributed by atoms with van der Waals surface area (Å²) in [6.45, 7) is 2.43. The number of likely N-dealkylation sites (N-methyl/N-ethyl adjacent to an activating group) is 2. The third-order valence-electron chi connectivity index (χ3n) is 5.26. The number of hydrogen-bond acceptors (Lipinski definition) is 6. The minimum absolute atomic E-state index is 0. The van der Waals surface area contributed by atoms with E-state index in [9.17, 15) is 10.2 Å². The molecule has 4 atom stereocenters. The van der Waals surface area contributed by atoms with Crippen molar-refractivity contribution in [2.24, 2.45) is 0 Å². The molecule has 0 aromatic carbocycles. The first-order chi connectivity index (χ1) is 11.0. The van der Waals surface area contributed by atoms with E-state index in [1.165, 1.54) is 32.1 Å². The molecular formula is C17H38Cl3N3O3. The maximum Gasteiger partial charge on any atom is 0.109 e. The van der Waals surface area contributed by atoms with Crippen LogP contribution in [0.4, 0.5) is 0 Å². The maximum absolute atomic E-state index is 10.5. The van der Waals surface area contributed by atoms with Crippen LogP contribution in [-0.4, -0.2) is 97.8 Å². The lowest BCUT2D eigenvalue weighted by molar-refractivity contribution is -0.0220. The maximum atomic E-state index is 10.5. The lowest BCUT2D eigenvalue weighted by atomic mass is 9.95. The van der Waals surface area contributed by atoms with E-state index in [4.69, 9.17) is 4.74 Å². The van der Waals surface area contributed by atoms with E-state index in [0.29, 0.717) is 6.04 Å². The molecule has 1 aliphatic carbocycles. The van der Waals surface area contributed by atoms with Crippen molar-refractivity contribution in [1.29, 1.82) is 0 Å². The molecule has 0 bridgehead atoms. The number of hydrogen-bond donors (Lipinski definition) is 3. The van der Waals surface area contributed by atoms with Crippen LogP contribution in [0.25, 0.3) is 0 Å². The summed E-state index contributed by atoms with van der Waals surface area (Å²) in [6.07, 6.45) is 5.24. The van der Waals surface area contributed by atoms with Gasteiger partial charge in [-0.15, -0.1) is 37.2 Å². The van der Waals surface area contributed by atoms with Gasteiger partial charge in [-0.3, -0.25) is 4.90 Å². The smallest absolute Gasteiger partial charge is 0.109 e. The molecule has 0 aromatic heterocycles. The number of nitrogens with one attached hydrogen (secondary N) is 1. The highest BCUT2D eigenvalue weighted by molar-refractivity contribution is 5.86. The predicted octanol–water partition coefficient (Wildman–Crippen LogP) is 1.16. The van der Waals surface area contributed by atoms with Crippen LogP contribution in [0.2, 0.25) is 0 Å². The molecule has 2 rings (SSSR count). The minimum atomic E-state index is -0.634. The zero-order chi connectivity index (χ0) is 16.8. The van der Waals surface area contributed by atoms with Crippen LogP contribution in [0.1, 0.15) is 32.1 Å². The van der Waals surface area contributed by atoms with Crippen LogP contribution < -0.4 is 5.32 Å². The Morgan fingerprint density at radius 3 is 2.12 bits per heavy atom. The minimum Gasteiger partial charge on any atom is -0.394 e. The Hall–Kier alpha value is 0.630. The summed E-state index contributed by atoms with van der Waals surface area (Å²) in [5.74, 6) is 0. The third-order valence-corrected chi connectivity index (χ3v) is 5.26. The molecule has 9 heteroatoms. The Labute approximate surface area is 177 Å². The van der Waals surface area contributed by atoms with Crippen molar-refractivity contribution in [3.8, 4) is 0 Å². The highest BCUT2D eigenvalue weighted by atomic mass is 35.5. The summed E-state index contributed by atoms with van der Waals surface area (Å²) in [6, 6.07) is 0.508. The van der Waals surface area contributed by atoms with Crippen LogP contribution in [0.3, 0.4) is 0 Å². The van der Waals surface area contributed by atoms with Crippen molar-refractivity contribution >= 4 is 37.2 Å². The fourth-order valence-corrected chi connectivity index (χ4v) is 3.79. The van der Waals surface area contributed by atoms with Gasteiger partial charge in [0.2, 0.25) is 0 Å². The Kier molecular flexibility index (Phi) is 16.2. The van der Waals surface area contributed by atoms with Crippen molar-refractivity contribution in [3.05, 3.63) is 0 Å². The van der Waals surface area contributed by atoms with Crippen molar-refractivity contribution in [2.75, 3.05) is 47.4 Å². The van der Waals surface area contributed by atoms with Gasteiger partial charge in [0.1, 0.15) is 12.2 Å². The summed E-state index contributed by atoms with van der Waals surface area (Å²) in [5.41, 5.74) is 0. The van der Waals surface area contributed by atoms with E-state index in [1.807, 2.05) is 21.1 Å². The number of halogens is 3. The summed E-state index contributed by atoms with van der Waals surface area (Å²) in [5, 5.41) is 23.6. The lowest BCUT2D eigenvalue weighted by Gasteiger charge is -2.32. The average molecular weight is 439 g/mol. The van der Waals surface area contributed by atoms with E-state index in [-0.39, 0.29) is 56.0 Å². The fourth-order valence-electron chi connectivity index (χ4n) is 3.79. The molecule has 1 saturated heterocycles. The molecule has 160 valence electrons. The van der Waals surface area contributed by atoms with E-state index < -0.39 is 12.2 Å². The number of nitrogens with zero attached hydrogens (tertiary/aromatic N) is 2. The molecule has 2 aliphatic rings. The largest absolute Gasteiger partial charge is 0.394 e. The summed E-state index contributed by atoms with van der Waals surface area (Å²) < 4.78 is 5.94. The first kappa shape index (κ1) is 28.8. The summed E-state index contributed by atoms with van der Waals surface area (Å²) in [7, 11) is 6.14. The van der Waals surface area contributed by atoms with Crippen molar-refractivity contribution in [3.63, 3.8) is 0 Å². The Morgan fingerprint density at radius 1 is 0.962 bits per heavy atom. The van der Waals surface area contributed by atoms with E-state index in [2.05, 4.69) is 15.1 Å². The quantitative estimate of drug-likeness (QED) is 0.528. The van der Waals surface area contributed by atoms with E-state index in [0.717, 1.165) is 19.6 Å². The van der Waals surface area contributed by atoms with E-state index >= 15 is 0 Å². The Morgan fingerprint density at radius 2 is 1.58 bits per heavy atom. The van der Waals surface area contributed by atoms with Crippen molar-refractivity contribution < 1.29 is 14.9 Å². The molecule has 26 heavy (non-hydrogen) atoms. The SMILES string of the molecule is CN(C)CCN(C)[C@@H]1[C@H](O)[C@H](CO)O[C@@H]1CNC1CCCCC1.Cl.Cl.Cl. The number of aliphatic hydroxyl groups is 2. The lowest BCUT2D eigenvalue weighted by Crippen LogP contribution is -2.51. The molecule has 0 amide bonds. The molecule has 0 radical (unpaired) electrons. The molecule has 3 N–H and O–H groups in total. The predicted molar refractivity (Wildman–Crippen MR) is 113 cm³/mol. The van der Waals surface area contributed by atoms with E-state index in [1.54, 1.807) is 0 Å². The van der Waals surface area contributed by atoms with Gasteiger partial charge in [-0.1, -0.05) is 19.3 Å². The second kappa shape index (κ2) is 14.6. The molecule has 0 aromatic rings. The average Bonchev–Trinajstić information content (AvgIpc) is 2.87. The zero-order valence-corrected chi connectivity index (χ0v) is 18.6. The second-order valence-electron chi connectivity index (χ2n) is 7.40. The standard InChI is InChI=1S/C17H35N3O3.3ClH/c1-19(2)9-10-20(3)16-14(23-15(12-21)17(16)22)11-18-13-7-5-4-6-8-13;;;/h13-18,21-22H,4-12H2,1-3H3;3*1H/t14-,15+,16+,17-;;;/m1.../s1. The fraction of sp³-hybridized carbons (Fsp3) is 1.00. The van der Waals surface area contributed by atoms with Crippen molar-refractivity contribution in [2.45, 2.75) is 62.5 Å². The molecule has 1 saturated carbocycles. The van der Waals surface area contributed by atoms with Gasteiger partial charge in [0.25, 0.3) is 0 Å². The van der Waals surface area contributed by atoms with Gasteiger partial charge in [-0.05, 0) is 34.0 Å². The third kappa shape index (κ3) is 8.33. The highest BCUT2D eigenvalue weighted by Gasteiger charge is 2.45. The highest BCUT2D eigenvalue weighted by Crippen LogP contribution is 2.25. The van der Waals surface area contributed by atoms with Crippen LogP contribution in [-0.2, 0) is 4.74 Å². The van der Waals surface area contributed by atoms with Gasteiger partial charge < -0.3 is 25.2 Å². The van der Waals surface area contributed by atoms with Gasteiger partial charge in [0, 0.05) is 25.7 Å². The summed E-state index contributed by atoms with van der Waals surface area (Å²) in [4.78, 5) is 4.31. The van der Waals surface area contributed by atoms with Crippen LogP contribution in [0.5, 0.6) is 0 Å². The summed E-state index contributed by atoms with van der Waals surface area (Å²) >= 11 is 0. The van der Waals surface area contributed by atoms with Gasteiger partial charge in [0.05, 0.1) is 18.8 Å². The van der Waals surface area contributed by atoms with Gasteiger partial charge in [0.15, 0.2) is 0 Å². The molecule has 0 unspecified atom stereocenters. The molecular weight excluding hydrogens is 401 g/mol. The van der Waals surface area contributed by atoms with Crippen LogP contribution in [0.15, 0.2) is 0 Å². The molecule has 2 fully saturated rings. The van der Waals surface area contributed by atoms with Gasteiger partial charge in [-0.25, -0.2) is 0 Å². The van der Waals surface area contributed by atoms with Gasteiger partial charge >= 0.3 is 0 Å². The number of rotatable bonds is 8. The number of ether oxygens (including phenoxy) is 1. The Balaban J connectivity index is 0. The zero-order valence-electron chi connectivity index (χ0n) is 16.2. The monoisotopic (exact) mass is 437 g/mol. The molecule has 6 nitrogen and oxygen atoms in total. The van der Waals surface area contributed by atoms with Crippen LogP contribution >= 0.6 is 37.2 Å². The molecule has 0 spiro atoms. The molecule has 1 heterocycles. The Bertz CT molecular complexity index is 350. The van der Waals surface area contributed by atoms with Crippen molar-refractivity contribution in [1.82, 2.24) is 15.1 Å². The first-order valence-corrected chi connectivity index (χ1v) is 9.05. The second-order valence-corrected chi connectivity index (χ2v) is 7.40. The first-order valence-electron chi connectivity index (χ1n) is 9.05. The normalized spacial score (nSPS) is 29.2. The number of aliphatic hydroxyl groups excluding tert-OH is 2. The molecule has 1 aliphatic heterocycles.